The number of aromatic hydroxyl groups is 1. The highest BCUT2D eigenvalue weighted by molar-refractivity contribution is 8.00. The van der Waals surface area contributed by atoms with E-state index in [0.717, 1.165) is 10.5 Å². The molecule has 0 saturated heterocycles. The van der Waals surface area contributed by atoms with E-state index < -0.39 is 0 Å². The molecule has 0 heterocycles. The SMILES string of the molecule is C#CCN(C(=O)CN(Sc1ccc(C)cc1)c1ccccc1O)c1ccccc1OCC. The van der Waals surface area contributed by atoms with Gasteiger partial charge in [-0.15, -0.1) is 6.42 Å². The minimum atomic E-state index is -0.210. The molecule has 0 aromatic heterocycles. The number of carbonyl (C=O) groups is 1. The lowest BCUT2D eigenvalue weighted by Gasteiger charge is -2.28. The fourth-order valence-corrected chi connectivity index (χ4v) is 4.07. The minimum absolute atomic E-state index is 0.00173. The first-order valence-corrected chi connectivity index (χ1v) is 11.1. The summed E-state index contributed by atoms with van der Waals surface area (Å²) in [7, 11) is 0. The van der Waals surface area contributed by atoms with E-state index in [-0.39, 0.29) is 24.7 Å². The highest BCUT2D eigenvalue weighted by Gasteiger charge is 2.23. The van der Waals surface area contributed by atoms with Crippen LogP contribution in [0.3, 0.4) is 0 Å². The van der Waals surface area contributed by atoms with Crippen LogP contribution in [0.1, 0.15) is 12.5 Å². The maximum absolute atomic E-state index is 13.5. The van der Waals surface area contributed by atoms with Gasteiger partial charge in [-0.2, -0.15) is 0 Å². The van der Waals surface area contributed by atoms with Crippen molar-refractivity contribution >= 4 is 29.2 Å². The molecule has 164 valence electrons. The molecule has 1 N–H and O–H groups in total. The standard InChI is InChI=1S/C26H26N2O3S/c1-4-18-27(23-11-7-9-13-25(23)31-5-2)26(30)19-28(22-10-6-8-12-24(22)29)32-21-16-14-20(3)15-17-21/h1,6-17,29H,5,18-19H2,2-3H3. The van der Waals surface area contributed by atoms with Crippen LogP contribution in [0, 0.1) is 19.3 Å². The van der Waals surface area contributed by atoms with E-state index in [1.165, 1.54) is 16.8 Å². The molecule has 0 atom stereocenters. The van der Waals surface area contributed by atoms with Gasteiger partial charge in [0.25, 0.3) is 0 Å². The Hall–Kier alpha value is -3.56. The topological polar surface area (TPSA) is 53.0 Å². The zero-order chi connectivity index (χ0) is 22.9. The predicted molar refractivity (Wildman–Crippen MR) is 131 cm³/mol. The van der Waals surface area contributed by atoms with E-state index in [0.29, 0.717) is 23.7 Å². The number of amides is 1. The van der Waals surface area contributed by atoms with Crippen molar-refractivity contribution in [1.29, 1.82) is 0 Å². The third-order valence-electron chi connectivity index (χ3n) is 4.67. The third kappa shape index (κ3) is 5.77. The Morgan fingerprint density at radius 1 is 1.03 bits per heavy atom. The number of anilines is 2. The number of hydrogen-bond acceptors (Lipinski definition) is 5. The van der Waals surface area contributed by atoms with E-state index in [4.69, 9.17) is 11.2 Å². The lowest BCUT2D eigenvalue weighted by molar-refractivity contribution is -0.117. The van der Waals surface area contributed by atoms with Gasteiger partial charge in [0, 0.05) is 4.90 Å². The van der Waals surface area contributed by atoms with Crippen LogP contribution in [0.2, 0.25) is 0 Å². The monoisotopic (exact) mass is 446 g/mol. The first-order chi connectivity index (χ1) is 15.5. The molecule has 0 fully saturated rings. The van der Waals surface area contributed by atoms with E-state index in [9.17, 15) is 9.90 Å². The molecule has 0 aliphatic heterocycles. The smallest absolute Gasteiger partial charge is 0.248 e. The van der Waals surface area contributed by atoms with Crippen LogP contribution in [0.5, 0.6) is 11.5 Å². The molecule has 0 saturated carbocycles. The average Bonchev–Trinajstić information content (AvgIpc) is 2.79. The molecular weight excluding hydrogens is 420 g/mol. The number of benzene rings is 3. The van der Waals surface area contributed by atoms with Crippen LogP contribution in [-0.4, -0.2) is 30.7 Å². The first kappa shape index (κ1) is 23.1. The summed E-state index contributed by atoms with van der Waals surface area (Å²) in [4.78, 5) is 16.0. The van der Waals surface area contributed by atoms with Crippen molar-refractivity contribution in [2.75, 3.05) is 28.9 Å². The van der Waals surface area contributed by atoms with E-state index in [1.807, 2.05) is 68.4 Å². The zero-order valence-corrected chi connectivity index (χ0v) is 19.0. The number of phenols is 1. The fraction of sp³-hybridized carbons (Fsp3) is 0.192. The van der Waals surface area contributed by atoms with Gasteiger partial charge in [-0.05, 0) is 62.2 Å². The lowest BCUT2D eigenvalue weighted by Crippen LogP contribution is -2.39. The molecule has 1 amide bonds. The van der Waals surface area contributed by atoms with Gasteiger partial charge >= 0.3 is 0 Å². The third-order valence-corrected chi connectivity index (χ3v) is 5.70. The highest BCUT2D eigenvalue weighted by Crippen LogP contribution is 2.36. The number of nitrogens with zero attached hydrogens (tertiary/aromatic N) is 2. The molecule has 0 spiro atoms. The lowest BCUT2D eigenvalue weighted by atomic mass is 10.2. The summed E-state index contributed by atoms with van der Waals surface area (Å²) in [6.07, 6.45) is 5.59. The van der Waals surface area contributed by atoms with Crippen LogP contribution in [0.15, 0.2) is 77.7 Å². The van der Waals surface area contributed by atoms with Crippen LogP contribution in [-0.2, 0) is 4.79 Å². The molecule has 0 bridgehead atoms. The Morgan fingerprint density at radius 2 is 1.69 bits per heavy atom. The van der Waals surface area contributed by atoms with Crippen molar-refractivity contribution in [2.24, 2.45) is 0 Å². The van der Waals surface area contributed by atoms with Crippen LogP contribution < -0.4 is 13.9 Å². The molecule has 0 aliphatic carbocycles. The van der Waals surface area contributed by atoms with E-state index in [2.05, 4.69) is 5.92 Å². The molecule has 32 heavy (non-hydrogen) atoms. The van der Waals surface area contributed by atoms with Crippen molar-refractivity contribution in [3.63, 3.8) is 0 Å². The fourth-order valence-electron chi connectivity index (χ4n) is 3.13. The molecule has 6 heteroatoms. The number of rotatable bonds is 9. The number of terminal acetylenes is 1. The molecule has 3 rings (SSSR count). The second kappa shape index (κ2) is 11.2. The largest absolute Gasteiger partial charge is 0.506 e. The van der Waals surface area contributed by atoms with Gasteiger partial charge < -0.3 is 9.84 Å². The molecule has 0 aliphatic rings. The Morgan fingerprint density at radius 3 is 2.34 bits per heavy atom. The summed E-state index contributed by atoms with van der Waals surface area (Å²) < 4.78 is 7.48. The first-order valence-electron chi connectivity index (χ1n) is 10.3. The quantitative estimate of drug-likeness (QED) is 0.358. The zero-order valence-electron chi connectivity index (χ0n) is 18.2. The number of phenolic OH excluding ortho intramolecular Hbond substituents is 1. The Kier molecular flexibility index (Phi) is 8.07. The Bertz CT molecular complexity index is 1090. The van der Waals surface area contributed by atoms with Gasteiger partial charge in [0.2, 0.25) is 5.91 Å². The van der Waals surface area contributed by atoms with Crippen molar-refractivity contribution < 1.29 is 14.6 Å². The normalized spacial score (nSPS) is 10.3. The summed E-state index contributed by atoms with van der Waals surface area (Å²) in [6.45, 7) is 4.49. The second-order valence-corrected chi connectivity index (χ2v) is 8.11. The molecule has 5 nitrogen and oxygen atoms in total. The molecular formula is C26H26N2O3S. The van der Waals surface area contributed by atoms with Crippen molar-refractivity contribution in [3.05, 3.63) is 78.4 Å². The van der Waals surface area contributed by atoms with Crippen molar-refractivity contribution in [3.8, 4) is 23.8 Å². The Labute approximate surface area is 193 Å². The van der Waals surface area contributed by atoms with E-state index >= 15 is 0 Å². The minimum Gasteiger partial charge on any atom is -0.506 e. The van der Waals surface area contributed by atoms with Crippen LogP contribution in [0.25, 0.3) is 0 Å². The van der Waals surface area contributed by atoms with Crippen molar-refractivity contribution in [2.45, 2.75) is 18.7 Å². The maximum Gasteiger partial charge on any atom is 0.248 e. The van der Waals surface area contributed by atoms with Crippen molar-refractivity contribution in [1.82, 2.24) is 0 Å². The van der Waals surface area contributed by atoms with Gasteiger partial charge in [-0.3, -0.25) is 14.0 Å². The van der Waals surface area contributed by atoms with Gasteiger partial charge in [0.15, 0.2) is 0 Å². The molecule has 0 unspecified atom stereocenters. The van der Waals surface area contributed by atoms with Gasteiger partial charge in [-0.1, -0.05) is 47.9 Å². The number of para-hydroxylation sites is 4. The Balaban J connectivity index is 1.93. The van der Waals surface area contributed by atoms with Gasteiger partial charge in [0.1, 0.15) is 18.0 Å². The average molecular weight is 447 g/mol. The van der Waals surface area contributed by atoms with Crippen LogP contribution in [0.4, 0.5) is 11.4 Å². The van der Waals surface area contributed by atoms with E-state index in [1.54, 1.807) is 22.5 Å². The molecule has 0 radical (unpaired) electrons. The summed E-state index contributed by atoms with van der Waals surface area (Å²) in [5.74, 6) is 3.05. The predicted octanol–water partition coefficient (Wildman–Crippen LogP) is 5.28. The number of ether oxygens (including phenoxy) is 1. The van der Waals surface area contributed by atoms with Gasteiger partial charge in [0.05, 0.1) is 24.5 Å². The second-order valence-electron chi connectivity index (χ2n) is 7.01. The number of hydrogen-bond donors (Lipinski definition) is 1. The summed E-state index contributed by atoms with van der Waals surface area (Å²) in [6, 6.07) is 22.3. The maximum atomic E-state index is 13.5. The number of aryl methyl sites for hydroxylation is 1. The molecule has 3 aromatic rings. The van der Waals surface area contributed by atoms with Gasteiger partial charge in [-0.25, -0.2) is 0 Å². The summed E-state index contributed by atoms with van der Waals surface area (Å²) >= 11 is 1.38. The molecule has 3 aromatic carbocycles. The van der Waals surface area contributed by atoms with Crippen LogP contribution >= 0.6 is 11.9 Å². The summed E-state index contributed by atoms with van der Waals surface area (Å²) in [5.41, 5.74) is 2.31. The summed E-state index contributed by atoms with van der Waals surface area (Å²) in [5, 5.41) is 10.5. The number of carbonyl (C=O) groups excluding carboxylic acids is 1. The highest BCUT2D eigenvalue weighted by atomic mass is 32.2.